The Bertz CT molecular complexity index is 1610. The van der Waals surface area contributed by atoms with Gasteiger partial charge in [-0.3, -0.25) is 4.98 Å². The first-order chi connectivity index (χ1) is 24.4. The van der Waals surface area contributed by atoms with Gasteiger partial charge in [0.05, 0.1) is 47.9 Å². The fourth-order valence-corrected chi connectivity index (χ4v) is 7.92. The predicted octanol–water partition coefficient (Wildman–Crippen LogP) is 8.90. The van der Waals surface area contributed by atoms with Gasteiger partial charge >= 0.3 is 0 Å². The van der Waals surface area contributed by atoms with Gasteiger partial charge < -0.3 is 29.6 Å². The number of halogens is 2. The second-order valence-corrected chi connectivity index (χ2v) is 14.0. The van der Waals surface area contributed by atoms with E-state index in [0.717, 1.165) is 103 Å². The maximum atomic E-state index is 7.14. The zero-order valence-corrected chi connectivity index (χ0v) is 30.9. The van der Waals surface area contributed by atoms with E-state index in [0.29, 0.717) is 52.5 Å². The minimum Gasteiger partial charge on any atom is -0.496 e. The molecular weight excluding hydrogens is 671 g/mol. The molecule has 0 radical (unpaired) electrons. The number of methoxy groups -OCH3 is 4. The molecule has 0 aliphatic heterocycles. The van der Waals surface area contributed by atoms with E-state index in [2.05, 4.69) is 33.8 Å². The summed E-state index contributed by atoms with van der Waals surface area (Å²) in [5, 5.41) is 8.45. The van der Waals surface area contributed by atoms with Crippen LogP contribution in [0, 0.1) is 0 Å². The Hall–Kier alpha value is -3.24. The number of hydrogen-bond acceptors (Lipinski definition) is 8. The summed E-state index contributed by atoms with van der Waals surface area (Å²) in [6.07, 6.45) is 11.3. The fraction of sp³-hybridized carbons (Fsp3) is 0.450. The van der Waals surface area contributed by atoms with Crippen LogP contribution in [0.2, 0.25) is 10.0 Å². The summed E-state index contributed by atoms with van der Waals surface area (Å²) in [5.41, 5.74) is 6.73. The fourth-order valence-electron chi connectivity index (χ4n) is 7.27. The second-order valence-electron chi connectivity index (χ2n) is 13.3. The van der Waals surface area contributed by atoms with E-state index in [-0.39, 0.29) is 0 Å². The summed E-state index contributed by atoms with van der Waals surface area (Å²) in [5.74, 6) is 1.37. The summed E-state index contributed by atoms with van der Waals surface area (Å²) in [6, 6.07) is 18.9. The third-order valence-electron chi connectivity index (χ3n) is 10.3. The van der Waals surface area contributed by atoms with Gasteiger partial charge in [-0.25, -0.2) is 4.98 Å². The van der Waals surface area contributed by atoms with Crippen LogP contribution in [0.4, 0.5) is 0 Å². The molecule has 0 saturated heterocycles. The smallest absolute Gasteiger partial charge is 0.218 e. The molecule has 2 aliphatic rings. The van der Waals surface area contributed by atoms with Crippen molar-refractivity contribution in [2.75, 3.05) is 28.4 Å². The summed E-state index contributed by atoms with van der Waals surface area (Å²) in [6.45, 7) is 1.40. The van der Waals surface area contributed by atoms with E-state index in [1.807, 2.05) is 36.4 Å². The van der Waals surface area contributed by atoms with Crippen molar-refractivity contribution in [1.29, 1.82) is 0 Å². The molecule has 2 saturated carbocycles. The van der Waals surface area contributed by atoms with Crippen LogP contribution < -0.4 is 20.1 Å². The van der Waals surface area contributed by atoms with Crippen LogP contribution in [-0.4, -0.2) is 62.7 Å². The van der Waals surface area contributed by atoms with Crippen LogP contribution in [0.1, 0.15) is 62.5 Å². The van der Waals surface area contributed by atoms with Gasteiger partial charge in [0.25, 0.3) is 0 Å². The van der Waals surface area contributed by atoms with Crippen LogP contribution >= 0.6 is 23.2 Å². The van der Waals surface area contributed by atoms with Crippen LogP contribution in [-0.2, 0) is 22.6 Å². The minimum atomic E-state index is 0.372. The van der Waals surface area contributed by atoms with Gasteiger partial charge in [0, 0.05) is 79.0 Å². The van der Waals surface area contributed by atoms with Crippen molar-refractivity contribution < 1.29 is 18.9 Å². The lowest BCUT2D eigenvalue weighted by Gasteiger charge is -2.28. The van der Waals surface area contributed by atoms with Gasteiger partial charge in [-0.15, -0.1) is 0 Å². The molecular formula is C40H48Cl2N4O4. The zero-order valence-electron chi connectivity index (χ0n) is 29.4. The molecule has 2 heterocycles. The second kappa shape index (κ2) is 17.3. The number of nitrogens with zero attached hydrogens (tertiary/aromatic N) is 2. The highest BCUT2D eigenvalue weighted by molar-refractivity contribution is 6.39. The van der Waals surface area contributed by atoms with Crippen molar-refractivity contribution in [3.05, 3.63) is 82.0 Å². The number of nitrogens with one attached hydrogen (secondary N) is 2. The highest BCUT2D eigenvalue weighted by Gasteiger charge is 2.23. The van der Waals surface area contributed by atoms with E-state index < -0.39 is 0 Å². The summed E-state index contributed by atoms with van der Waals surface area (Å²) in [4.78, 5) is 9.55. The Labute approximate surface area is 306 Å². The quantitative estimate of drug-likeness (QED) is 0.142. The molecule has 2 fully saturated rings. The van der Waals surface area contributed by atoms with E-state index in [9.17, 15) is 0 Å². The molecule has 50 heavy (non-hydrogen) atoms. The van der Waals surface area contributed by atoms with Gasteiger partial charge in [0.1, 0.15) is 5.75 Å². The van der Waals surface area contributed by atoms with Gasteiger partial charge in [-0.05, 0) is 69.6 Å². The van der Waals surface area contributed by atoms with Crippen molar-refractivity contribution in [2.24, 2.45) is 0 Å². The first-order valence-electron chi connectivity index (χ1n) is 17.6. The summed E-state index contributed by atoms with van der Waals surface area (Å²) in [7, 11) is 6.95. The van der Waals surface area contributed by atoms with Crippen LogP contribution in [0.15, 0.2) is 60.8 Å². The molecule has 0 bridgehead atoms. The molecule has 2 aromatic carbocycles. The lowest BCUT2D eigenvalue weighted by atomic mass is 9.93. The monoisotopic (exact) mass is 718 g/mol. The minimum absolute atomic E-state index is 0.372. The highest BCUT2D eigenvalue weighted by Crippen LogP contribution is 2.42. The normalized spacial score (nSPS) is 20.8. The number of benzene rings is 2. The molecule has 2 aromatic heterocycles. The Kier molecular flexibility index (Phi) is 12.7. The first-order valence-corrected chi connectivity index (χ1v) is 18.3. The molecule has 266 valence electrons. The largest absolute Gasteiger partial charge is 0.496 e. The van der Waals surface area contributed by atoms with Crippen molar-refractivity contribution in [3.63, 3.8) is 0 Å². The van der Waals surface area contributed by atoms with Crippen molar-refractivity contribution in [3.8, 4) is 45.3 Å². The Morgan fingerprint density at radius 3 is 1.88 bits per heavy atom. The van der Waals surface area contributed by atoms with E-state index in [4.69, 9.17) is 47.1 Å². The van der Waals surface area contributed by atoms with Crippen LogP contribution in [0.5, 0.6) is 11.6 Å². The SMILES string of the molecule is COc1cc(-c2nccc(-c3cccc(-c4ccc(CN[C@H]5CC[C@@H](OC)CC5)c(OC)n4)c3Cl)c2Cl)ccc1CN[C@H]1CC[C@@H](OC)CC1. The van der Waals surface area contributed by atoms with Crippen LogP contribution in [0.25, 0.3) is 33.6 Å². The van der Waals surface area contributed by atoms with Gasteiger partial charge in [0.15, 0.2) is 0 Å². The number of pyridine rings is 2. The van der Waals surface area contributed by atoms with Crippen molar-refractivity contribution >= 4 is 23.2 Å². The molecule has 2 N–H and O–H groups in total. The number of rotatable bonds is 13. The molecule has 0 spiro atoms. The highest BCUT2D eigenvalue weighted by atomic mass is 35.5. The molecule has 0 unspecified atom stereocenters. The van der Waals surface area contributed by atoms with E-state index >= 15 is 0 Å². The van der Waals surface area contributed by atoms with Crippen molar-refractivity contribution in [1.82, 2.24) is 20.6 Å². The Balaban J connectivity index is 1.19. The molecule has 6 rings (SSSR count). The molecule has 10 heteroatoms. The lowest BCUT2D eigenvalue weighted by Crippen LogP contribution is -2.34. The number of aromatic nitrogens is 2. The van der Waals surface area contributed by atoms with Gasteiger partial charge in [-0.1, -0.05) is 59.6 Å². The molecule has 8 nitrogen and oxygen atoms in total. The average Bonchev–Trinajstić information content (AvgIpc) is 3.17. The zero-order chi connectivity index (χ0) is 35.0. The maximum Gasteiger partial charge on any atom is 0.218 e. The van der Waals surface area contributed by atoms with Gasteiger partial charge in [0.2, 0.25) is 5.88 Å². The third kappa shape index (κ3) is 8.44. The molecule has 0 amide bonds. The summed E-state index contributed by atoms with van der Waals surface area (Å²) < 4.78 is 22.6. The topological polar surface area (TPSA) is 86.8 Å². The first kappa shape index (κ1) is 36.5. The number of hydrogen-bond donors (Lipinski definition) is 2. The number of ether oxygens (including phenoxy) is 4. The lowest BCUT2D eigenvalue weighted by molar-refractivity contribution is 0.0623. The Morgan fingerprint density at radius 1 is 0.660 bits per heavy atom. The van der Waals surface area contributed by atoms with Gasteiger partial charge in [-0.2, -0.15) is 0 Å². The molecule has 2 aliphatic carbocycles. The van der Waals surface area contributed by atoms with Crippen LogP contribution in [0.3, 0.4) is 0 Å². The van der Waals surface area contributed by atoms with Crippen molar-refractivity contribution in [2.45, 2.75) is 88.7 Å². The Morgan fingerprint density at radius 2 is 1.26 bits per heavy atom. The predicted molar refractivity (Wildman–Crippen MR) is 201 cm³/mol. The standard InChI is InChI=1S/C40H48Cl2N4O4/c1-47-30-15-11-28(12-16-30)44-23-26-9-8-25(22-36(26)49-3)39-38(42)33(20-21-43-39)32-6-5-7-34(37(32)41)35-19-10-27(40(46-35)50-4)24-45-29-13-17-31(48-2)18-14-29/h5-10,19-22,28-31,44-45H,11-18,23-24H2,1-4H3/t28-,29-,30+,31+. The summed E-state index contributed by atoms with van der Waals surface area (Å²) >= 11 is 14.3. The third-order valence-corrected chi connectivity index (χ3v) is 11.1. The molecule has 0 atom stereocenters. The van der Waals surface area contributed by atoms with E-state index in [1.165, 1.54) is 0 Å². The average molecular weight is 720 g/mol. The maximum absolute atomic E-state index is 7.14. The van der Waals surface area contributed by atoms with E-state index in [1.54, 1.807) is 34.6 Å². The molecule has 4 aromatic rings.